The Morgan fingerprint density at radius 2 is 1.80 bits per heavy atom. The zero-order valence-corrected chi connectivity index (χ0v) is 14.7. The zero-order chi connectivity index (χ0) is 17.6. The third-order valence-electron chi connectivity index (χ3n) is 4.23. The van der Waals surface area contributed by atoms with Crippen molar-refractivity contribution in [3.8, 4) is 0 Å². The van der Waals surface area contributed by atoms with Crippen LogP contribution in [0.4, 0.5) is 0 Å². The Morgan fingerprint density at radius 3 is 2.56 bits per heavy atom. The summed E-state index contributed by atoms with van der Waals surface area (Å²) in [7, 11) is 0. The van der Waals surface area contributed by atoms with E-state index in [9.17, 15) is 9.90 Å². The van der Waals surface area contributed by atoms with Gasteiger partial charge in [-0.05, 0) is 40.8 Å². The van der Waals surface area contributed by atoms with Gasteiger partial charge in [-0.3, -0.25) is 4.79 Å². The SMILES string of the molecule is N[C@@H](Cc1ccccc1)C(=O)N[C@H](CO)Cc1csc2ccccc12. The Hall–Kier alpha value is -2.21. The fraction of sp³-hybridized carbons (Fsp3) is 0.250. The molecular weight excluding hydrogens is 332 g/mol. The van der Waals surface area contributed by atoms with Gasteiger partial charge >= 0.3 is 0 Å². The Balaban J connectivity index is 1.62. The summed E-state index contributed by atoms with van der Waals surface area (Å²) in [6.45, 7) is -0.117. The molecule has 0 fully saturated rings. The molecule has 0 aliphatic heterocycles. The number of hydrogen-bond donors (Lipinski definition) is 3. The number of benzene rings is 2. The first-order valence-electron chi connectivity index (χ1n) is 8.33. The average Bonchev–Trinajstić information content (AvgIpc) is 3.05. The highest BCUT2D eigenvalue weighted by Crippen LogP contribution is 2.26. The summed E-state index contributed by atoms with van der Waals surface area (Å²) < 4.78 is 1.21. The van der Waals surface area contributed by atoms with Gasteiger partial charge in [-0.2, -0.15) is 0 Å². The molecule has 0 saturated carbocycles. The van der Waals surface area contributed by atoms with Gasteiger partial charge in [-0.25, -0.2) is 0 Å². The lowest BCUT2D eigenvalue weighted by atomic mass is 10.0. The van der Waals surface area contributed by atoms with Gasteiger partial charge in [-0.1, -0.05) is 48.5 Å². The van der Waals surface area contributed by atoms with Crippen LogP contribution in [-0.2, 0) is 17.6 Å². The van der Waals surface area contributed by atoms with Gasteiger partial charge in [0.15, 0.2) is 0 Å². The summed E-state index contributed by atoms with van der Waals surface area (Å²) in [5.74, 6) is -0.234. The molecular formula is C20H22N2O2S. The number of hydrogen-bond acceptors (Lipinski definition) is 4. The normalized spacial score (nSPS) is 13.5. The number of aliphatic hydroxyl groups excluding tert-OH is 1. The van der Waals surface area contributed by atoms with Crippen LogP contribution < -0.4 is 11.1 Å². The first-order valence-corrected chi connectivity index (χ1v) is 9.21. The lowest BCUT2D eigenvalue weighted by molar-refractivity contribution is -0.123. The van der Waals surface area contributed by atoms with Crippen LogP contribution in [0.2, 0.25) is 0 Å². The van der Waals surface area contributed by atoms with Gasteiger partial charge in [0.05, 0.1) is 18.7 Å². The molecule has 2 atom stereocenters. The smallest absolute Gasteiger partial charge is 0.237 e. The number of fused-ring (bicyclic) bond motifs is 1. The molecule has 0 aliphatic carbocycles. The summed E-state index contributed by atoms with van der Waals surface area (Å²) in [6.07, 6.45) is 1.07. The van der Waals surface area contributed by atoms with E-state index in [2.05, 4.69) is 22.8 Å². The van der Waals surface area contributed by atoms with Gasteiger partial charge in [0.25, 0.3) is 0 Å². The monoisotopic (exact) mass is 354 g/mol. The molecule has 130 valence electrons. The van der Waals surface area contributed by atoms with Gasteiger partial charge in [0.2, 0.25) is 5.91 Å². The largest absolute Gasteiger partial charge is 0.394 e. The Morgan fingerprint density at radius 1 is 1.08 bits per heavy atom. The predicted octanol–water partition coefficient (Wildman–Crippen LogP) is 2.49. The van der Waals surface area contributed by atoms with E-state index < -0.39 is 6.04 Å². The third kappa shape index (κ3) is 4.45. The highest BCUT2D eigenvalue weighted by molar-refractivity contribution is 7.17. The molecule has 2 aromatic carbocycles. The maximum Gasteiger partial charge on any atom is 0.237 e. The van der Waals surface area contributed by atoms with E-state index in [4.69, 9.17) is 5.73 Å². The first-order chi connectivity index (χ1) is 12.2. The van der Waals surface area contributed by atoms with Crippen molar-refractivity contribution in [2.75, 3.05) is 6.61 Å². The van der Waals surface area contributed by atoms with Crippen LogP contribution in [0.15, 0.2) is 60.0 Å². The number of amides is 1. The minimum absolute atomic E-state index is 0.117. The van der Waals surface area contributed by atoms with Gasteiger partial charge < -0.3 is 16.2 Å². The molecule has 1 amide bonds. The van der Waals surface area contributed by atoms with Crippen LogP contribution >= 0.6 is 11.3 Å². The predicted molar refractivity (Wildman–Crippen MR) is 103 cm³/mol. The van der Waals surface area contributed by atoms with Crippen molar-refractivity contribution in [3.05, 3.63) is 71.1 Å². The van der Waals surface area contributed by atoms with Gasteiger partial charge in [-0.15, -0.1) is 11.3 Å². The van der Waals surface area contributed by atoms with Crippen LogP contribution in [-0.4, -0.2) is 29.7 Å². The van der Waals surface area contributed by atoms with E-state index in [0.29, 0.717) is 12.8 Å². The Bertz CT molecular complexity index is 832. The van der Waals surface area contributed by atoms with Crippen molar-refractivity contribution in [2.24, 2.45) is 5.73 Å². The standard InChI is InChI=1S/C20H22N2O2S/c21-18(10-14-6-2-1-3-7-14)20(24)22-16(12-23)11-15-13-25-19-9-5-4-8-17(15)19/h1-9,13,16,18,23H,10-12,21H2,(H,22,24)/t16-,18-/m0/s1. The van der Waals surface area contributed by atoms with E-state index >= 15 is 0 Å². The molecule has 5 heteroatoms. The third-order valence-corrected chi connectivity index (χ3v) is 5.24. The van der Waals surface area contributed by atoms with Crippen LogP contribution in [0.5, 0.6) is 0 Å². The first kappa shape index (κ1) is 17.6. The lowest BCUT2D eigenvalue weighted by Gasteiger charge is -2.19. The zero-order valence-electron chi connectivity index (χ0n) is 13.9. The Labute approximate surface area is 151 Å². The van der Waals surface area contributed by atoms with Crippen LogP contribution in [0, 0.1) is 0 Å². The second kappa shape index (κ2) is 8.25. The van der Waals surface area contributed by atoms with Crippen molar-refractivity contribution < 1.29 is 9.90 Å². The number of nitrogens with one attached hydrogen (secondary N) is 1. The molecule has 1 aromatic heterocycles. The number of aliphatic hydroxyl groups is 1. The molecule has 4 nitrogen and oxygen atoms in total. The lowest BCUT2D eigenvalue weighted by Crippen LogP contribution is -2.48. The van der Waals surface area contributed by atoms with Crippen LogP contribution in [0.3, 0.4) is 0 Å². The number of carbonyl (C=O) groups excluding carboxylic acids is 1. The maximum absolute atomic E-state index is 12.4. The van der Waals surface area contributed by atoms with Crippen molar-refractivity contribution in [1.82, 2.24) is 5.32 Å². The van der Waals surface area contributed by atoms with Crippen molar-refractivity contribution in [2.45, 2.75) is 24.9 Å². The number of thiophene rings is 1. The van der Waals surface area contributed by atoms with E-state index in [1.54, 1.807) is 11.3 Å². The molecule has 0 aliphatic rings. The fourth-order valence-corrected chi connectivity index (χ4v) is 3.86. The van der Waals surface area contributed by atoms with Crippen molar-refractivity contribution >= 4 is 27.3 Å². The van der Waals surface area contributed by atoms with E-state index in [1.165, 1.54) is 10.1 Å². The quantitative estimate of drug-likeness (QED) is 0.610. The molecule has 25 heavy (non-hydrogen) atoms. The second-order valence-corrected chi connectivity index (χ2v) is 7.06. The Kier molecular flexibility index (Phi) is 5.81. The molecule has 0 unspecified atom stereocenters. The highest BCUT2D eigenvalue weighted by atomic mass is 32.1. The summed E-state index contributed by atoms with van der Waals surface area (Å²) in [4.78, 5) is 12.4. The van der Waals surface area contributed by atoms with E-state index in [0.717, 1.165) is 11.1 Å². The molecule has 1 heterocycles. The second-order valence-electron chi connectivity index (χ2n) is 6.15. The van der Waals surface area contributed by atoms with Gasteiger partial charge in [0, 0.05) is 4.70 Å². The van der Waals surface area contributed by atoms with Gasteiger partial charge in [0.1, 0.15) is 0 Å². The topological polar surface area (TPSA) is 75.4 Å². The van der Waals surface area contributed by atoms with Crippen LogP contribution in [0.25, 0.3) is 10.1 Å². The number of nitrogens with two attached hydrogens (primary N) is 1. The molecule has 0 radical (unpaired) electrons. The molecule has 0 spiro atoms. The molecule has 0 saturated heterocycles. The average molecular weight is 354 g/mol. The molecule has 3 rings (SSSR count). The fourth-order valence-electron chi connectivity index (χ4n) is 2.89. The van der Waals surface area contributed by atoms with Crippen molar-refractivity contribution in [1.29, 1.82) is 0 Å². The minimum atomic E-state index is -0.629. The molecule has 3 aromatic rings. The molecule has 0 bridgehead atoms. The minimum Gasteiger partial charge on any atom is -0.394 e. The maximum atomic E-state index is 12.4. The van der Waals surface area contributed by atoms with Crippen LogP contribution in [0.1, 0.15) is 11.1 Å². The van der Waals surface area contributed by atoms with E-state index in [-0.39, 0.29) is 18.6 Å². The summed E-state index contributed by atoms with van der Waals surface area (Å²) >= 11 is 1.67. The number of carbonyl (C=O) groups is 1. The summed E-state index contributed by atoms with van der Waals surface area (Å²) in [5.41, 5.74) is 8.18. The molecule has 4 N–H and O–H groups in total. The van der Waals surface area contributed by atoms with Crippen molar-refractivity contribution in [3.63, 3.8) is 0 Å². The van der Waals surface area contributed by atoms with E-state index in [1.807, 2.05) is 42.5 Å². The highest BCUT2D eigenvalue weighted by Gasteiger charge is 2.19. The number of rotatable bonds is 7. The summed E-state index contributed by atoms with van der Waals surface area (Å²) in [5, 5.41) is 15.8. The summed E-state index contributed by atoms with van der Waals surface area (Å²) in [6, 6.07) is 16.9.